The van der Waals surface area contributed by atoms with Crippen molar-refractivity contribution in [3.8, 4) is 0 Å². The van der Waals surface area contributed by atoms with Gasteiger partial charge in [0, 0.05) is 18.7 Å². The molecule has 0 spiro atoms. The second kappa shape index (κ2) is 6.93. The van der Waals surface area contributed by atoms with E-state index in [1.807, 2.05) is 7.05 Å². The van der Waals surface area contributed by atoms with E-state index in [4.69, 9.17) is 0 Å². The molecule has 1 N–H and O–H groups in total. The molecule has 1 aliphatic rings. The van der Waals surface area contributed by atoms with Crippen molar-refractivity contribution in [2.24, 2.45) is 5.92 Å². The van der Waals surface area contributed by atoms with Gasteiger partial charge in [0.05, 0.1) is 0 Å². The molecule has 1 heterocycles. The molecule has 1 amide bonds. The summed E-state index contributed by atoms with van der Waals surface area (Å²) in [4.78, 5) is 13.8. The van der Waals surface area contributed by atoms with Gasteiger partial charge in [-0.15, -0.1) is 0 Å². The Morgan fingerprint density at radius 1 is 1.24 bits per heavy atom. The van der Waals surface area contributed by atoms with Gasteiger partial charge in [-0.3, -0.25) is 4.79 Å². The molecule has 0 atom stereocenters. The molecule has 1 saturated heterocycles. The van der Waals surface area contributed by atoms with Crippen molar-refractivity contribution in [1.29, 1.82) is 0 Å². The zero-order valence-corrected chi connectivity index (χ0v) is 12.0. The van der Waals surface area contributed by atoms with Crippen LogP contribution in [0.1, 0.15) is 29.6 Å². The van der Waals surface area contributed by atoms with E-state index in [0.717, 1.165) is 37.9 Å². The van der Waals surface area contributed by atoms with Crippen LogP contribution in [0.3, 0.4) is 0 Å². The first-order valence-corrected chi connectivity index (χ1v) is 7.11. The molecule has 6 heteroatoms. The number of piperidine rings is 1. The first kappa shape index (κ1) is 15.8. The van der Waals surface area contributed by atoms with Gasteiger partial charge in [-0.25, -0.2) is 13.2 Å². The predicted octanol–water partition coefficient (Wildman–Crippen LogP) is 2.57. The molecule has 0 radical (unpaired) electrons. The Balaban J connectivity index is 1.99. The maximum atomic E-state index is 13.2. The lowest BCUT2D eigenvalue weighted by molar-refractivity contribution is 0.0686. The van der Waals surface area contributed by atoms with Gasteiger partial charge < -0.3 is 10.2 Å². The molecule has 1 aromatic rings. The minimum atomic E-state index is -1.54. The van der Waals surface area contributed by atoms with E-state index < -0.39 is 23.4 Å². The first-order chi connectivity index (χ1) is 10.0. The van der Waals surface area contributed by atoms with Crippen molar-refractivity contribution in [3.05, 3.63) is 35.1 Å². The summed E-state index contributed by atoms with van der Waals surface area (Å²) in [6.07, 6.45) is 2.80. The molecule has 1 fully saturated rings. The molecule has 116 valence electrons. The quantitative estimate of drug-likeness (QED) is 0.867. The number of carbonyl (C=O) groups excluding carboxylic acids is 1. The number of nitrogens with zero attached hydrogens (tertiary/aromatic N) is 1. The van der Waals surface area contributed by atoms with Crippen LogP contribution in [0.4, 0.5) is 13.2 Å². The minimum Gasteiger partial charge on any atom is -0.339 e. The predicted molar refractivity (Wildman–Crippen MR) is 73.5 cm³/mol. The average Bonchev–Trinajstić information content (AvgIpc) is 2.50. The molecule has 1 aliphatic heterocycles. The van der Waals surface area contributed by atoms with Crippen LogP contribution >= 0.6 is 0 Å². The van der Waals surface area contributed by atoms with Crippen LogP contribution < -0.4 is 5.32 Å². The maximum Gasteiger partial charge on any atom is 0.254 e. The van der Waals surface area contributed by atoms with E-state index in [1.165, 1.54) is 0 Å². The van der Waals surface area contributed by atoms with Gasteiger partial charge >= 0.3 is 0 Å². The first-order valence-electron chi connectivity index (χ1n) is 7.11. The third-order valence-electron chi connectivity index (χ3n) is 3.94. The number of hydrogen-bond acceptors (Lipinski definition) is 2. The van der Waals surface area contributed by atoms with Crippen LogP contribution in [0.2, 0.25) is 0 Å². The molecule has 3 nitrogen and oxygen atoms in total. The molecule has 0 saturated carbocycles. The molecule has 21 heavy (non-hydrogen) atoms. The number of benzene rings is 1. The van der Waals surface area contributed by atoms with E-state index in [9.17, 15) is 18.0 Å². The van der Waals surface area contributed by atoms with Gasteiger partial charge in [-0.1, -0.05) is 0 Å². The number of carbonyl (C=O) groups is 1. The second-order valence-electron chi connectivity index (χ2n) is 5.38. The van der Waals surface area contributed by atoms with Crippen molar-refractivity contribution >= 4 is 5.91 Å². The Hall–Kier alpha value is -1.56. The lowest BCUT2D eigenvalue weighted by Gasteiger charge is -2.32. The Kier molecular flexibility index (Phi) is 5.22. The minimum absolute atomic E-state index is 0.139. The molecular formula is C15H19F3N2O. The highest BCUT2D eigenvalue weighted by Crippen LogP contribution is 2.22. The number of hydrogen-bond donors (Lipinski definition) is 1. The summed E-state index contributed by atoms with van der Waals surface area (Å²) >= 11 is 0. The Bertz CT molecular complexity index is 491. The Labute approximate surface area is 122 Å². The SMILES string of the molecule is CNCCC1CCN(C(=O)c2cc(F)c(F)c(F)c2)CC1. The van der Waals surface area contributed by atoms with Gasteiger partial charge in [0.2, 0.25) is 0 Å². The van der Waals surface area contributed by atoms with Gasteiger partial charge in [0.25, 0.3) is 5.91 Å². The summed E-state index contributed by atoms with van der Waals surface area (Å²) in [7, 11) is 1.90. The molecule has 0 aliphatic carbocycles. The van der Waals surface area contributed by atoms with E-state index in [-0.39, 0.29) is 5.56 Å². The second-order valence-corrected chi connectivity index (χ2v) is 5.38. The number of nitrogens with one attached hydrogen (secondary N) is 1. The number of likely N-dealkylation sites (tertiary alicyclic amines) is 1. The summed E-state index contributed by atoms with van der Waals surface area (Å²) < 4.78 is 39.3. The summed E-state index contributed by atoms with van der Waals surface area (Å²) in [5.41, 5.74) is -0.139. The standard InChI is InChI=1S/C15H19F3N2O/c1-19-5-2-10-3-6-20(7-4-10)15(21)11-8-12(16)14(18)13(17)9-11/h8-10,19H,2-7H2,1H3. The average molecular weight is 300 g/mol. The fraction of sp³-hybridized carbons (Fsp3) is 0.533. The Morgan fingerprint density at radius 3 is 2.33 bits per heavy atom. The highest BCUT2D eigenvalue weighted by atomic mass is 19.2. The number of halogens is 3. The fourth-order valence-electron chi connectivity index (χ4n) is 2.63. The number of amides is 1. The molecule has 0 unspecified atom stereocenters. The summed E-state index contributed by atoms with van der Waals surface area (Å²) in [6, 6.07) is 1.52. The van der Waals surface area contributed by atoms with Crippen LogP contribution in [0.5, 0.6) is 0 Å². The van der Waals surface area contributed by atoms with Crippen LogP contribution in [-0.4, -0.2) is 37.5 Å². The number of rotatable bonds is 4. The maximum absolute atomic E-state index is 13.2. The summed E-state index contributed by atoms with van der Waals surface area (Å²) in [6.45, 7) is 2.06. The van der Waals surface area contributed by atoms with E-state index in [2.05, 4.69) is 5.32 Å². The van der Waals surface area contributed by atoms with Crippen LogP contribution in [-0.2, 0) is 0 Å². The summed E-state index contributed by atoms with van der Waals surface area (Å²) in [5.74, 6) is -4.09. The van der Waals surface area contributed by atoms with Gasteiger partial charge in [0.15, 0.2) is 17.5 Å². The van der Waals surface area contributed by atoms with Crippen molar-refractivity contribution in [1.82, 2.24) is 10.2 Å². The van der Waals surface area contributed by atoms with Crippen LogP contribution in [0, 0.1) is 23.4 Å². The lowest BCUT2D eigenvalue weighted by atomic mass is 9.93. The molecular weight excluding hydrogens is 281 g/mol. The zero-order valence-electron chi connectivity index (χ0n) is 12.0. The van der Waals surface area contributed by atoms with Gasteiger partial charge in [0.1, 0.15) is 0 Å². The third-order valence-corrected chi connectivity index (χ3v) is 3.94. The van der Waals surface area contributed by atoms with Crippen LogP contribution in [0.25, 0.3) is 0 Å². The van der Waals surface area contributed by atoms with E-state index >= 15 is 0 Å². The monoisotopic (exact) mass is 300 g/mol. The van der Waals surface area contributed by atoms with Crippen molar-refractivity contribution < 1.29 is 18.0 Å². The van der Waals surface area contributed by atoms with Crippen LogP contribution in [0.15, 0.2) is 12.1 Å². The highest BCUT2D eigenvalue weighted by Gasteiger charge is 2.25. The molecule has 1 aromatic carbocycles. The molecule has 2 rings (SSSR count). The van der Waals surface area contributed by atoms with E-state index in [0.29, 0.717) is 19.0 Å². The smallest absolute Gasteiger partial charge is 0.254 e. The normalized spacial score (nSPS) is 16.3. The van der Waals surface area contributed by atoms with Crippen molar-refractivity contribution in [2.45, 2.75) is 19.3 Å². The molecule has 0 bridgehead atoms. The highest BCUT2D eigenvalue weighted by molar-refractivity contribution is 5.94. The fourth-order valence-corrected chi connectivity index (χ4v) is 2.63. The van der Waals surface area contributed by atoms with E-state index in [1.54, 1.807) is 4.90 Å². The van der Waals surface area contributed by atoms with Crippen molar-refractivity contribution in [3.63, 3.8) is 0 Å². The van der Waals surface area contributed by atoms with Gasteiger partial charge in [-0.2, -0.15) is 0 Å². The zero-order chi connectivity index (χ0) is 15.4. The van der Waals surface area contributed by atoms with Crippen molar-refractivity contribution in [2.75, 3.05) is 26.7 Å². The third kappa shape index (κ3) is 3.75. The molecule has 0 aromatic heterocycles. The Morgan fingerprint density at radius 2 is 1.81 bits per heavy atom. The largest absolute Gasteiger partial charge is 0.339 e. The topological polar surface area (TPSA) is 32.3 Å². The lowest BCUT2D eigenvalue weighted by Crippen LogP contribution is -2.39. The van der Waals surface area contributed by atoms with Gasteiger partial charge in [-0.05, 0) is 50.9 Å². The summed E-state index contributed by atoms with van der Waals surface area (Å²) in [5, 5.41) is 3.09.